The van der Waals surface area contributed by atoms with Gasteiger partial charge in [-0.1, -0.05) is 30.3 Å². The summed E-state index contributed by atoms with van der Waals surface area (Å²) in [5, 5.41) is 5.12. The zero-order chi connectivity index (χ0) is 17.2. The van der Waals surface area contributed by atoms with Gasteiger partial charge in [0, 0.05) is 12.6 Å². The van der Waals surface area contributed by atoms with Gasteiger partial charge >= 0.3 is 0 Å². The molecule has 1 aliphatic carbocycles. The first-order chi connectivity index (χ1) is 11.5. The van der Waals surface area contributed by atoms with E-state index in [9.17, 15) is 18.4 Å². The van der Waals surface area contributed by atoms with Crippen molar-refractivity contribution in [3.05, 3.63) is 65.7 Å². The minimum Gasteiger partial charge on any atom is -0.351 e. The molecular formula is C18H16F2N2O2. The summed E-state index contributed by atoms with van der Waals surface area (Å²) in [5.74, 6) is -2.55. The van der Waals surface area contributed by atoms with Crippen molar-refractivity contribution < 1.29 is 18.4 Å². The molecule has 0 radical (unpaired) electrons. The van der Waals surface area contributed by atoms with E-state index in [0.29, 0.717) is 25.5 Å². The van der Waals surface area contributed by atoms with Crippen LogP contribution in [0.2, 0.25) is 0 Å². The minimum atomic E-state index is -1.17. The molecule has 1 aliphatic rings. The number of carbonyl (C=O) groups is 2. The Morgan fingerprint density at radius 3 is 2.33 bits per heavy atom. The highest BCUT2D eigenvalue weighted by molar-refractivity contribution is 6.13. The molecule has 0 atom stereocenters. The Kier molecular flexibility index (Phi) is 4.29. The van der Waals surface area contributed by atoms with E-state index in [1.54, 1.807) is 0 Å². The smallest absolute Gasteiger partial charge is 0.240 e. The first kappa shape index (κ1) is 16.1. The number of rotatable bonds is 5. The molecule has 2 aromatic rings. The van der Waals surface area contributed by atoms with Crippen LogP contribution in [0.15, 0.2) is 48.5 Å². The lowest BCUT2D eigenvalue weighted by Crippen LogP contribution is -2.39. The molecule has 0 heterocycles. The van der Waals surface area contributed by atoms with Crippen molar-refractivity contribution in [3.8, 4) is 0 Å². The molecule has 2 amide bonds. The summed E-state index contributed by atoms with van der Waals surface area (Å²) in [6.45, 7) is 0.319. The molecule has 0 aliphatic heterocycles. The van der Waals surface area contributed by atoms with E-state index in [1.165, 1.54) is 0 Å². The normalized spacial score (nSPS) is 14.8. The Morgan fingerprint density at radius 1 is 1.00 bits per heavy atom. The van der Waals surface area contributed by atoms with Crippen molar-refractivity contribution >= 4 is 17.5 Å². The van der Waals surface area contributed by atoms with Crippen LogP contribution in [-0.4, -0.2) is 11.8 Å². The number of benzene rings is 2. The predicted octanol–water partition coefficient (Wildman–Crippen LogP) is 3.00. The van der Waals surface area contributed by atoms with Crippen LogP contribution in [0.3, 0.4) is 0 Å². The zero-order valence-electron chi connectivity index (χ0n) is 12.8. The molecular weight excluding hydrogens is 314 g/mol. The summed E-state index contributed by atoms with van der Waals surface area (Å²) in [7, 11) is 0. The first-order valence-electron chi connectivity index (χ1n) is 7.60. The second-order valence-electron chi connectivity index (χ2n) is 5.83. The van der Waals surface area contributed by atoms with Gasteiger partial charge in [-0.3, -0.25) is 9.59 Å². The summed E-state index contributed by atoms with van der Waals surface area (Å²) < 4.78 is 26.5. The second kappa shape index (κ2) is 6.39. The lowest BCUT2D eigenvalue weighted by molar-refractivity contribution is -0.134. The maximum Gasteiger partial charge on any atom is 0.240 e. The fourth-order valence-corrected chi connectivity index (χ4v) is 2.46. The first-order valence-corrected chi connectivity index (χ1v) is 7.60. The van der Waals surface area contributed by atoms with Crippen LogP contribution in [0.4, 0.5) is 14.5 Å². The van der Waals surface area contributed by atoms with Crippen LogP contribution >= 0.6 is 0 Å². The van der Waals surface area contributed by atoms with E-state index >= 15 is 0 Å². The number of carbonyl (C=O) groups excluding carboxylic acids is 2. The Balaban J connectivity index is 1.64. The van der Waals surface area contributed by atoms with E-state index < -0.39 is 23.0 Å². The van der Waals surface area contributed by atoms with E-state index in [0.717, 1.165) is 17.7 Å². The number of nitrogens with one attached hydrogen (secondary N) is 2. The monoisotopic (exact) mass is 330 g/mol. The topological polar surface area (TPSA) is 58.2 Å². The van der Waals surface area contributed by atoms with Gasteiger partial charge in [-0.15, -0.1) is 0 Å². The molecule has 1 saturated carbocycles. The number of hydrogen-bond acceptors (Lipinski definition) is 2. The number of halogens is 2. The van der Waals surface area contributed by atoms with Crippen molar-refractivity contribution in [2.24, 2.45) is 5.41 Å². The molecule has 2 aromatic carbocycles. The van der Waals surface area contributed by atoms with Crippen LogP contribution < -0.4 is 10.6 Å². The number of hydrogen-bond donors (Lipinski definition) is 2. The van der Waals surface area contributed by atoms with Gasteiger partial charge in [0.2, 0.25) is 11.8 Å². The van der Waals surface area contributed by atoms with E-state index in [-0.39, 0.29) is 11.6 Å². The van der Waals surface area contributed by atoms with E-state index in [2.05, 4.69) is 10.6 Å². The molecule has 0 aromatic heterocycles. The Hall–Kier alpha value is -2.76. The second-order valence-corrected chi connectivity index (χ2v) is 5.83. The average Bonchev–Trinajstić information content (AvgIpc) is 3.38. The third kappa shape index (κ3) is 3.27. The van der Waals surface area contributed by atoms with E-state index in [1.807, 2.05) is 30.3 Å². The molecule has 2 N–H and O–H groups in total. The van der Waals surface area contributed by atoms with Crippen LogP contribution in [-0.2, 0) is 16.1 Å². The van der Waals surface area contributed by atoms with Gasteiger partial charge in [0.25, 0.3) is 0 Å². The standard InChI is InChI=1S/C18H16F2N2O2/c19-13-6-7-15(14(20)10-13)22-17(24)18(8-9-18)16(23)21-11-12-4-2-1-3-5-12/h1-7,10H,8-9,11H2,(H,21,23)(H,22,24). The van der Waals surface area contributed by atoms with Gasteiger partial charge in [0.1, 0.15) is 17.0 Å². The molecule has 0 unspecified atom stereocenters. The van der Waals surface area contributed by atoms with Crippen molar-refractivity contribution in [2.75, 3.05) is 5.32 Å². The Bertz CT molecular complexity index is 774. The molecule has 3 rings (SSSR count). The van der Waals surface area contributed by atoms with Gasteiger partial charge in [0.15, 0.2) is 0 Å². The minimum absolute atomic E-state index is 0.136. The molecule has 0 bridgehead atoms. The van der Waals surface area contributed by atoms with Gasteiger partial charge in [-0.05, 0) is 30.5 Å². The molecule has 6 heteroatoms. The van der Waals surface area contributed by atoms with Crippen LogP contribution in [0.5, 0.6) is 0 Å². The third-order valence-electron chi connectivity index (χ3n) is 4.09. The fourth-order valence-electron chi connectivity index (χ4n) is 2.46. The molecule has 24 heavy (non-hydrogen) atoms. The molecule has 4 nitrogen and oxygen atoms in total. The average molecular weight is 330 g/mol. The fraction of sp³-hybridized carbons (Fsp3) is 0.222. The summed E-state index contributed by atoms with van der Waals surface area (Å²) in [6, 6.07) is 12.2. The highest BCUT2D eigenvalue weighted by atomic mass is 19.1. The van der Waals surface area contributed by atoms with Crippen LogP contribution in [0.25, 0.3) is 0 Å². The maximum absolute atomic E-state index is 13.6. The Labute approximate surface area is 137 Å². The molecule has 1 fully saturated rings. The third-order valence-corrected chi connectivity index (χ3v) is 4.09. The number of amides is 2. The maximum atomic E-state index is 13.6. The van der Waals surface area contributed by atoms with Crippen LogP contribution in [0, 0.1) is 17.0 Å². The van der Waals surface area contributed by atoms with Crippen molar-refractivity contribution in [2.45, 2.75) is 19.4 Å². The van der Waals surface area contributed by atoms with Crippen molar-refractivity contribution in [1.29, 1.82) is 0 Å². The van der Waals surface area contributed by atoms with Crippen molar-refractivity contribution in [3.63, 3.8) is 0 Å². The summed E-state index contributed by atoms with van der Waals surface area (Å²) in [6.07, 6.45) is 0.810. The lowest BCUT2D eigenvalue weighted by Gasteiger charge is -2.16. The summed E-state index contributed by atoms with van der Waals surface area (Å²) in [5.41, 5.74) is -0.384. The van der Waals surface area contributed by atoms with Crippen molar-refractivity contribution in [1.82, 2.24) is 5.32 Å². The van der Waals surface area contributed by atoms with Gasteiger partial charge < -0.3 is 10.6 Å². The largest absolute Gasteiger partial charge is 0.351 e. The molecule has 0 spiro atoms. The summed E-state index contributed by atoms with van der Waals surface area (Å²) in [4.78, 5) is 24.7. The Morgan fingerprint density at radius 2 is 1.71 bits per heavy atom. The molecule has 124 valence electrons. The summed E-state index contributed by atoms with van der Waals surface area (Å²) >= 11 is 0. The zero-order valence-corrected chi connectivity index (χ0v) is 12.8. The van der Waals surface area contributed by atoms with Crippen LogP contribution in [0.1, 0.15) is 18.4 Å². The van der Waals surface area contributed by atoms with E-state index in [4.69, 9.17) is 0 Å². The van der Waals surface area contributed by atoms with Gasteiger partial charge in [-0.25, -0.2) is 8.78 Å². The quantitative estimate of drug-likeness (QED) is 0.828. The van der Waals surface area contributed by atoms with Gasteiger partial charge in [0.05, 0.1) is 5.69 Å². The highest BCUT2D eigenvalue weighted by Crippen LogP contribution is 2.47. The number of anilines is 1. The predicted molar refractivity (Wildman–Crippen MR) is 84.9 cm³/mol. The lowest BCUT2D eigenvalue weighted by atomic mass is 10.0. The van der Waals surface area contributed by atoms with Gasteiger partial charge in [-0.2, -0.15) is 0 Å². The SMILES string of the molecule is O=C(NCc1ccccc1)C1(C(=O)Nc2ccc(F)cc2F)CC1. The molecule has 0 saturated heterocycles. The highest BCUT2D eigenvalue weighted by Gasteiger charge is 2.56.